The number of carbonyl (C=O) groups is 1. The predicted octanol–water partition coefficient (Wildman–Crippen LogP) is 4.01. The van der Waals surface area contributed by atoms with E-state index in [1.165, 1.54) is 5.56 Å². The molecule has 0 aliphatic carbocycles. The van der Waals surface area contributed by atoms with Crippen LogP contribution in [0.25, 0.3) is 16.6 Å². The van der Waals surface area contributed by atoms with Crippen LogP contribution in [0.3, 0.4) is 0 Å². The van der Waals surface area contributed by atoms with Gasteiger partial charge in [0.1, 0.15) is 5.52 Å². The Labute approximate surface area is 199 Å². The monoisotopic (exact) mass is 454 g/mol. The Balaban J connectivity index is 1.35. The first-order chi connectivity index (χ1) is 16.6. The first-order valence-electron chi connectivity index (χ1n) is 12.0. The molecule has 1 N–H and O–H groups in total. The van der Waals surface area contributed by atoms with E-state index in [9.17, 15) is 4.79 Å². The lowest BCUT2D eigenvalue weighted by Gasteiger charge is -2.32. The van der Waals surface area contributed by atoms with Crippen molar-refractivity contribution in [2.45, 2.75) is 33.1 Å². The highest BCUT2D eigenvalue weighted by Gasteiger charge is 2.29. The van der Waals surface area contributed by atoms with E-state index in [4.69, 9.17) is 5.10 Å². The molecule has 2 aromatic carbocycles. The van der Waals surface area contributed by atoms with Crippen LogP contribution in [0.15, 0.2) is 60.7 Å². The molecule has 0 spiro atoms. The van der Waals surface area contributed by atoms with E-state index in [1.54, 1.807) is 0 Å². The van der Waals surface area contributed by atoms with E-state index in [0.29, 0.717) is 13.1 Å². The second-order valence-corrected chi connectivity index (χ2v) is 8.98. The highest BCUT2D eigenvalue weighted by molar-refractivity contribution is 5.92. The van der Waals surface area contributed by atoms with Gasteiger partial charge >= 0.3 is 0 Å². The summed E-state index contributed by atoms with van der Waals surface area (Å²) in [5.41, 5.74) is 5.00. The molecule has 1 saturated heterocycles. The van der Waals surface area contributed by atoms with Gasteiger partial charge < -0.3 is 10.2 Å². The second-order valence-electron chi connectivity index (χ2n) is 8.98. The van der Waals surface area contributed by atoms with Gasteiger partial charge in [-0.2, -0.15) is 10.2 Å². The lowest BCUT2D eigenvalue weighted by Crippen LogP contribution is -2.44. The molecule has 1 aliphatic rings. The van der Waals surface area contributed by atoms with Crippen molar-refractivity contribution in [1.29, 1.82) is 0 Å². The fourth-order valence-corrected chi connectivity index (χ4v) is 4.85. The van der Waals surface area contributed by atoms with Gasteiger partial charge in [-0.1, -0.05) is 48.5 Å². The summed E-state index contributed by atoms with van der Waals surface area (Å²) in [5.74, 6) is 0.808. The summed E-state index contributed by atoms with van der Waals surface area (Å²) in [6.07, 6.45) is 2.66. The van der Waals surface area contributed by atoms with Gasteiger partial charge in [-0.05, 0) is 50.8 Å². The summed E-state index contributed by atoms with van der Waals surface area (Å²) in [6.45, 7) is 6.16. The molecule has 174 valence electrons. The third kappa shape index (κ3) is 4.38. The predicted molar refractivity (Wildman–Crippen MR) is 134 cm³/mol. The number of benzene rings is 2. The fourth-order valence-electron chi connectivity index (χ4n) is 4.85. The maximum Gasteiger partial charge on any atom is 0.224 e. The van der Waals surface area contributed by atoms with E-state index in [-0.39, 0.29) is 11.8 Å². The SMILES string of the molecule is Cc1nnc(N2CCC[C@H](C(=O)NCCc3ccccc3)C2)c2nn(-c3ccccc3)c(C)c12. The number of fused-ring (bicyclic) bond motifs is 1. The number of hydrogen-bond donors (Lipinski definition) is 1. The first-order valence-corrected chi connectivity index (χ1v) is 12.0. The first kappa shape index (κ1) is 22.1. The molecule has 0 saturated carbocycles. The van der Waals surface area contributed by atoms with Crippen molar-refractivity contribution in [2.24, 2.45) is 5.92 Å². The van der Waals surface area contributed by atoms with Gasteiger partial charge in [-0.15, -0.1) is 5.10 Å². The molecule has 7 heteroatoms. The van der Waals surface area contributed by atoms with Crippen LogP contribution in [0.5, 0.6) is 0 Å². The van der Waals surface area contributed by atoms with Crippen LogP contribution in [0.4, 0.5) is 5.82 Å². The van der Waals surface area contributed by atoms with E-state index in [0.717, 1.165) is 59.6 Å². The van der Waals surface area contributed by atoms with E-state index < -0.39 is 0 Å². The third-order valence-corrected chi connectivity index (χ3v) is 6.63. The molecule has 7 nitrogen and oxygen atoms in total. The lowest BCUT2D eigenvalue weighted by atomic mass is 9.97. The Kier molecular flexibility index (Phi) is 6.25. The van der Waals surface area contributed by atoms with Crippen molar-refractivity contribution < 1.29 is 4.79 Å². The van der Waals surface area contributed by atoms with Crippen LogP contribution >= 0.6 is 0 Å². The Morgan fingerprint density at radius 3 is 2.53 bits per heavy atom. The Hall–Kier alpha value is -3.74. The molecule has 0 unspecified atom stereocenters. The van der Waals surface area contributed by atoms with Gasteiger partial charge in [-0.25, -0.2) is 4.68 Å². The number of aryl methyl sites for hydroxylation is 2. The van der Waals surface area contributed by atoms with Gasteiger partial charge in [0, 0.05) is 19.6 Å². The summed E-state index contributed by atoms with van der Waals surface area (Å²) in [6, 6.07) is 20.4. The Bertz CT molecular complexity index is 1280. The molecule has 5 rings (SSSR count). The summed E-state index contributed by atoms with van der Waals surface area (Å²) in [7, 11) is 0. The van der Waals surface area contributed by atoms with Crippen LogP contribution in [0.1, 0.15) is 29.8 Å². The summed E-state index contributed by atoms with van der Waals surface area (Å²) in [4.78, 5) is 15.1. The van der Waals surface area contributed by atoms with Crippen molar-refractivity contribution in [3.05, 3.63) is 77.6 Å². The van der Waals surface area contributed by atoms with Crippen molar-refractivity contribution in [1.82, 2.24) is 25.3 Å². The lowest BCUT2D eigenvalue weighted by molar-refractivity contribution is -0.125. The zero-order valence-corrected chi connectivity index (χ0v) is 19.7. The molecule has 1 aliphatic heterocycles. The van der Waals surface area contributed by atoms with Crippen LogP contribution in [-0.2, 0) is 11.2 Å². The standard InChI is InChI=1S/C27H30N6O/c1-19-24-20(2)33(23-13-7-4-8-14-23)31-25(24)26(30-29-19)32-17-9-12-22(18-32)27(34)28-16-15-21-10-5-3-6-11-21/h3-8,10-11,13-14,22H,9,12,15-18H2,1-2H3,(H,28,34)/t22-/m0/s1. The number of piperidine rings is 1. The van der Waals surface area contributed by atoms with Gasteiger partial charge in [0.05, 0.1) is 28.4 Å². The zero-order chi connectivity index (χ0) is 23.5. The van der Waals surface area contributed by atoms with Crippen molar-refractivity contribution in [2.75, 3.05) is 24.5 Å². The largest absolute Gasteiger partial charge is 0.355 e. The van der Waals surface area contributed by atoms with Crippen molar-refractivity contribution >= 4 is 22.6 Å². The number of rotatable bonds is 6. The number of amides is 1. The highest BCUT2D eigenvalue weighted by Crippen LogP contribution is 2.31. The van der Waals surface area contributed by atoms with Crippen molar-refractivity contribution in [3.63, 3.8) is 0 Å². The average Bonchev–Trinajstić information content (AvgIpc) is 3.23. The molecule has 1 fully saturated rings. The number of carbonyl (C=O) groups excluding carboxylic acids is 1. The van der Waals surface area contributed by atoms with E-state index in [1.807, 2.05) is 60.1 Å². The minimum Gasteiger partial charge on any atom is -0.355 e. The van der Waals surface area contributed by atoms with Gasteiger partial charge in [0.2, 0.25) is 5.91 Å². The molecule has 3 heterocycles. The minimum atomic E-state index is -0.0695. The van der Waals surface area contributed by atoms with Gasteiger partial charge in [-0.3, -0.25) is 4.79 Å². The smallest absolute Gasteiger partial charge is 0.224 e. The number of para-hydroxylation sites is 1. The van der Waals surface area contributed by atoms with Crippen LogP contribution in [0, 0.1) is 19.8 Å². The number of anilines is 1. The molecule has 4 aromatic rings. The van der Waals surface area contributed by atoms with Crippen LogP contribution < -0.4 is 10.2 Å². The molecule has 0 bridgehead atoms. The molecule has 1 atom stereocenters. The molecule has 0 radical (unpaired) electrons. The summed E-state index contributed by atoms with van der Waals surface area (Å²) < 4.78 is 1.96. The van der Waals surface area contributed by atoms with Crippen LogP contribution in [0.2, 0.25) is 0 Å². The molecule has 1 amide bonds. The molecular formula is C27H30N6O. The number of hydrogen-bond acceptors (Lipinski definition) is 5. The number of nitrogens with zero attached hydrogens (tertiary/aromatic N) is 5. The normalized spacial score (nSPS) is 16.1. The van der Waals surface area contributed by atoms with E-state index >= 15 is 0 Å². The second kappa shape index (κ2) is 9.63. The quantitative estimate of drug-likeness (QED) is 0.476. The summed E-state index contributed by atoms with van der Waals surface area (Å²) in [5, 5.41) is 18.1. The maximum atomic E-state index is 12.9. The Morgan fingerprint density at radius 2 is 1.76 bits per heavy atom. The minimum absolute atomic E-state index is 0.0695. The molecular weight excluding hydrogens is 424 g/mol. The molecule has 34 heavy (non-hydrogen) atoms. The number of aromatic nitrogens is 4. The Morgan fingerprint density at radius 1 is 1.03 bits per heavy atom. The third-order valence-electron chi connectivity index (χ3n) is 6.63. The summed E-state index contributed by atoms with van der Waals surface area (Å²) >= 11 is 0. The van der Waals surface area contributed by atoms with Crippen molar-refractivity contribution in [3.8, 4) is 5.69 Å². The zero-order valence-electron chi connectivity index (χ0n) is 19.7. The fraction of sp³-hybridized carbons (Fsp3) is 0.333. The number of nitrogens with one attached hydrogen (secondary N) is 1. The average molecular weight is 455 g/mol. The van der Waals surface area contributed by atoms with E-state index in [2.05, 4.69) is 39.5 Å². The maximum absolute atomic E-state index is 12.9. The highest BCUT2D eigenvalue weighted by atomic mass is 16.1. The topological polar surface area (TPSA) is 75.9 Å². The molecule has 2 aromatic heterocycles. The van der Waals surface area contributed by atoms with Gasteiger partial charge in [0.25, 0.3) is 0 Å². The van der Waals surface area contributed by atoms with Gasteiger partial charge in [0.15, 0.2) is 5.82 Å². The van der Waals surface area contributed by atoms with Crippen LogP contribution in [-0.4, -0.2) is 45.5 Å².